The lowest BCUT2D eigenvalue weighted by molar-refractivity contribution is -0.111. The van der Waals surface area contributed by atoms with Crippen molar-refractivity contribution in [3.63, 3.8) is 0 Å². The van der Waals surface area contributed by atoms with E-state index in [9.17, 15) is 21.6 Å². The number of rotatable bonds is 11. The molecule has 0 aliphatic carbocycles. The van der Waals surface area contributed by atoms with E-state index in [-0.39, 0.29) is 34.3 Å². The summed E-state index contributed by atoms with van der Waals surface area (Å²) in [6, 6.07) is 16.9. The maximum atomic E-state index is 12.6. The van der Waals surface area contributed by atoms with Crippen molar-refractivity contribution in [2.24, 2.45) is 5.92 Å². The minimum absolute atomic E-state index is 0.00202. The zero-order chi connectivity index (χ0) is 25.6. The first-order chi connectivity index (χ1) is 16.5. The van der Waals surface area contributed by atoms with Crippen LogP contribution >= 0.6 is 0 Å². The fourth-order valence-electron chi connectivity index (χ4n) is 3.18. The fraction of sp³-hybridized carbons (Fsp3) is 0.240. The Bertz CT molecular complexity index is 1380. The number of methoxy groups -OCH3 is 1. The van der Waals surface area contributed by atoms with E-state index in [1.54, 1.807) is 30.3 Å². The van der Waals surface area contributed by atoms with Crippen molar-refractivity contribution in [1.82, 2.24) is 0 Å². The van der Waals surface area contributed by atoms with Crippen LogP contribution in [0.5, 0.6) is 11.5 Å². The van der Waals surface area contributed by atoms with E-state index in [0.29, 0.717) is 11.8 Å². The molecule has 3 aromatic carbocycles. The molecule has 3 rings (SSSR count). The number of aldehydes is 1. The normalized spacial score (nSPS) is 12.7. The van der Waals surface area contributed by atoms with Gasteiger partial charge >= 0.3 is 10.1 Å². The number of carbonyl (C=O) groups excluding carboxylic acids is 1. The largest absolute Gasteiger partial charge is 0.493 e. The molecule has 0 bridgehead atoms. The first-order valence-electron chi connectivity index (χ1n) is 10.6. The number of hydrogen-bond acceptors (Lipinski definition) is 8. The van der Waals surface area contributed by atoms with Crippen molar-refractivity contribution in [1.29, 1.82) is 0 Å². The Morgan fingerprint density at radius 3 is 1.83 bits per heavy atom. The van der Waals surface area contributed by atoms with Crippen LogP contribution in [0.2, 0.25) is 0 Å². The van der Waals surface area contributed by atoms with Crippen molar-refractivity contribution in [3.8, 4) is 11.5 Å². The van der Waals surface area contributed by atoms with E-state index in [2.05, 4.69) is 0 Å². The zero-order valence-corrected chi connectivity index (χ0v) is 21.1. The maximum Gasteiger partial charge on any atom is 0.339 e. The summed E-state index contributed by atoms with van der Waals surface area (Å²) < 4.78 is 65.6. The van der Waals surface area contributed by atoms with Crippen LogP contribution in [0.25, 0.3) is 0 Å². The van der Waals surface area contributed by atoms with Gasteiger partial charge in [-0.05, 0) is 62.2 Å². The van der Waals surface area contributed by atoms with Gasteiger partial charge in [-0.15, -0.1) is 0 Å². The summed E-state index contributed by atoms with van der Waals surface area (Å²) in [5, 5.41) is 0. The minimum atomic E-state index is -4.08. The van der Waals surface area contributed by atoms with Gasteiger partial charge in [-0.2, -0.15) is 16.8 Å². The first kappa shape index (κ1) is 26.4. The van der Waals surface area contributed by atoms with Gasteiger partial charge in [0.15, 0.2) is 11.5 Å². The highest BCUT2D eigenvalue weighted by Gasteiger charge is 2.21. The van der Waals surface area contributed by atoms with Gasteiger partial charge in [0, 0.05) is 5.92 Å². The molecule has 0 heterocycles. The molecule has 35 heavy (non-hydrogen) atoms. The summed E-state index contributed by atoms with van der Waals surface area (Å²) in [4.78, 5) is 11.6. The third kappa shape index (κ3) is 6.91. The molecule has 0 N–H and O–H groups in total. The van der Waals surface area contributed by atoms with Gasteiger partial charge < -0.3 is 13.7 Å². The topological polar surface area (TPSA) is 113 Å². The van der Waals surface area contributed by atoms with Crippen molar-refractivity contribution in [2.75, 3.05) is 13.7 Å². The van der Waals surface area contributed by atoms with Gasteiger partial charge in [-0.1, -0.05) is 41.5 Å². The quantitative estimate of drug-likeness (QED) is 0.278. The van der Waals surface area contributed by atoms with E-state index in [4.69, 9.17) is 13.1 Å². The Labute approximate surface area is 205 Å². The molecule has 0 saturated carbocycles. The summed E-state index contributed by atoms with van der Waals surface area (Å²) in [6.45, 7) is 3.33. The van der Waals surface area contributed by atoms with Crippen molar-refractivity contribution in [2.45, 2.75) is 30.1 Å². The third-order valence-electron chi connectivity index (χ3n) is 5.17. The lowest BCUT2D eigenvalue weighted by atomic mass is 10.0. The number of ether oxygens (including phenoxy) is 1. The van der Waals surface area contributed by atoms with Crippen molar-refractivity contribution >= 4 is 26.5 Å². The van der Waals surface area contributed by atoms with E-state index < -0.39 is 26.2 Å². The number of carbonyl (C=O) groups is 1. The second kappa shape index (κ2) is 11.0. The number of aryl methyl sites for hydroxylation is 2. The van der Waals surface area contributed by atoms with Crippen LogP contribution in [0.15, 0.2) is 76.5 Å². The Hall–Kier alpha value is -3.21. The van der Waals surface area contributed by atoms with Crippen LogP contribution in [0.4, 0.5) is 0 Å². The average molecular weight is 519 g/mol. The summed E-state index contributed by atoms with van der Waals surface area (Å²) in [6.07, 6.45) is 0.762. The lowest BCUT2D eigenvalue weighted by Crippen LogP contribution is -2.18. The summed E-state index contributed by atoms with van der Waals surface area (Å²) in [7, 11) is -6.73. The molecular weight excluding hydrogens is 492 g/mol. The van der Waals surface area contributed by atoms with Gasteiger partial charge in [0.2, 0.25) is 0 Å². The highest BCUT2D eigenvalue weighted by molar-refractivity contribution is 7.87. The summed E-state index contributed by atoms with van der Waals surface area (Å²) in [5.74, 6) is -0.628. The van der Waals surface area contributed by atoms with Gasteiger partial charge in [0.25, 0.3) is 10.1 Å². The number of benzene rings is 3. The van der Waals surface area contributed by atoms with Crippen LogP contribution in [0.3, 0.4) is 0 Å². The van der Waals surface area contributed by atoms with Crippen molar-refractivity contribution in [3.05, 3.63) is 83.4 Å². The second-order valence-corrected chi connectivity index (χ2v) is 11.1. The monoisotopic (exact) mass is 518 g/mol. The smallest absolute Gasteiger partial charge is 0.339 e. The molecule has 0 aliphatic heterocycles. The molecular formula is C25H26O8S2. The molecule has 8 nitrogen and oxygen atoms in total. The predicted molar refractivity (Wildman–Crippen MR) is 130 cm³/mol. The predicted octanol–water partition coefficient (Wildman–Crippen LogP) is 3.84. The third-order valence-corrected chi connectivity index (χ3v) is 7.72. The molecule has 0 fully saturated rings. The van der Waals surface area contributed by atoms with Crippen LogP contribution in [0, 0.1) is 19.8 Å². The highest BCUT2D eigenvalue weighted by atomic mass is 32.2. The van der Waals surface area contributed by atoms with Crippen molar-refractivity contribution < 1.29 is 34.7 Å². The molecule has 0 aromatic heterocycles. The highest BCUT2D eigenvalue weighted by Crippen LogP contribution is 2.31. The molecule has 0 spiro atoms. The minimum Gasteiger partial charge on any atom is -0.493 e. The zero-order valence-electron chi connectivity index (χ0n) is 19.5. The summed E-state index contributed by atoms with van der Waals surface area (Å²) in [5.41, 5.74) is 2.42. The van der Waals surface area contributed by atoms with Crippen LogP contribution in [-0.2, 0) is 35.6 Å². The van der Waals surface area contributed by atoms with Crippen LogP contribution < -0.4 is 8.92 Å². The molecule has 0 radical (unpaired) electrons. The Balaban J connectivity index is 1.71. The van der Waals surface area contributed by atoms with Crippen LogP contribution in [0.1, 0.15) is 16.7 Å². The van der Waals surface area contributed by atoms with E-state index in [1.807, 2.05) is 13.8 Å². The first-order valence-corrected chi connectivity index (χ1v) is 13.4. The van der Waals surface area contributed by atoms with Crippen LogP contribution in [-0.4, -0.2) is 36.8 Å². The number of hydrogen-bond donors (Lipinski definition) is 0. The molecule has 10 heteroatoms. The Morgan fingerprint density at radius 1 is 0.771 bits per heavy atom. The van der Waals surface area contributed by atoms with E-state index in [1.165, 1.54) is 43.5 Å². The molecule has 1 atom stereocenters. The van der Waals surface area contributed by atoms with Gasteiger partial charge in [-0.3, -0.25) is 4.18 Å². The standard InChI is InChI=1S/C25H26O8S2/c1-18-4-9-22(10-5-18)34(27,28)32-17-21(16-26)14-20-8-13-24(25(15-20)31-3)33-35(29,30)23-11-6-19(2)7-12-23/h4-13,15-16,21H,14,17H2,1-3H3/t21-/m0/s1. The van der Waals surface area contributed by atoms with E-state index >= 15 is 0 Å². The average Bonchev–Trinajstić information content (AvgIpc) is 2.83. The van der Waals surface area contributed by atoms with Gasteiger partial charge in [0.1, 0.15) is 11.2 Å². The molecule has 0 saturated heterocycles. The lowest BCUT2D eigenvalue weighted by Gasteiger charge is -2.14. The van der Waals surface area contributed by atoms with Gasteiger partial charge in [0.05, 0.1) is 18.6 Å². The maximum absolute atomic E-state index is 12.6. The summed E-state index contributed by atoms with van der Waals surface area (Å²) >= 11 is 0. The molecule has 186 valence electrons. The Morgan fingerprint density at radius 2 is 1.31 bits per heavy atom. The SMILES string of the molecule is COc1cc(C[C@@H](C=O)COS(=O)(=O)c2ccc(C)cc2)ccc1OS(=O)(=O)c1ccc(C)cc1. The second-order valence-electron chi connectivity index (χ2n) is 7.99. The molecule has 0 unspecified atom stereocenters. The molecule has 0 aliphatic rings. The fourth-order valence-corrected chi connectivity index (χ4v) is 5.08. The Kier molecular flexibility index (Phi) is 8.31. The van der Waals surface area contributed by atoms with E-state index in [0.717, 1.165) is 11.1 Å². The molecule has 0 amide bonds. The van der Waals surface area contributed by atoms with Gasteiger partial charge in [-0.25, -0.2) is 0 Å². The molecule has 3 aromatic rings.